The Morgan fingerprint density at radius 3 is 2.60 bits per heavy atom. The number of nitrogens with zero attached hydrogens (tertiary/aromatic N) is 1. The zero-order chi connectivity index (χ0) is 11.6. The number of carboxylic acids is 1. The minimum atomic E-state index is -1.32. The third-order valence-corrected chi connectivity index (χ3v) is 2.65. The Morgan fingerprint density at radius 2 is 2.13 bits per heavy atom. The molecule has 15 heavy (non-hydrogen) atoms. The lowest BCUT2D eigenvalue weighted by Gasteiger charge is -2.37. The first kappa shape index (κ1) is 11.9. The van der Waals surface area contributed by atoms with Crippen molar-refractivity contribution in [3.8, 4) is 0 Å². The van der Waals surface area contributed by atoms with Crippen molar-refractivity contribution in [2.45, 2.75) is 31.3 Å². The maximum absolute atomic E-state index is 11.6. The summed E-state index contributed by atoms with van der Waals surface area (Å²) >= 11 is 0. The van der Waals surface area contributed by atoms with Crippen LogP contribution in [0.5, 0.6) is 0 Å². The maximum atomic E-state index is 11.6. The number of hydrogen-bond donors (Lipinski definition) is 3. The average Bonchev–Trinajstić information content (AvgIpc) is 2.16. The molecule has 1 heterocycles. The molecule has 6 nitrogen and oxygen atoms in total. The molecule has 86 valence electrons. The summed E-state index contributed by atoms with van der Waals surface area (Å²) in [6, 6.07) is -0.610. The van der Waals surface area contributed by atoms with E-state index in [9.17, 15) is 9.59 Å². The van der Waals surface area contributed by atoms with Gasteiger partial charge in [-0.25, -0.2) is 0 Å². The summed E-state index contributed by atoms with van der Waals surface area (Å²) in [4.78, 5) is 23.9. The van der Waals surface area contributed by atoms with Crippen LogP contribution < -0.4 is 11.5 Å². The second kappa shape index (κ2) is 4.16. The van der Waals surface area contributed by atoms with Crippen LogP contribution in [0.4, 0.5) is 0 Å². The number of carboxylic acid groups (broad SMARTS) is 1. The molecule has 1 aliphatic rings. The van der Waals surface area contributed by atoms with E-state index in [-0.39, 0.29) is 12.5 Å². The van der Waals surface area contributed by atoms with Gasteiger partial charge in [0.05, 0.1) is 6.04 Å². The molecule has 0 aromatic rings. The fourth-order valence-corrected chi connectivity index (χ4v) is 1.73. The van der Waals surface area contributed by atoms with E-state index in [0.717, 1.165) is 0 Å². The summed E-state index contributed by atoms with van der Waals surface area (Å²) in [7, 11) is 0. The van der Waals surface area contributed by atoms with E-state index in [1.807, 2.05) is 0 Å². The van der Waals surface area contributed by atoms with Crippen LogP contribution in [0.15, 0.2) is 0 Å². The van der Waals surface area contributed by atoms with Crippen molar-refractivity contribution < 1.29 is 14.7 Å². The third kappa shape index (κ3) is 2.45. The van der Waals surface area contributed by atoms with E-state index >= 15 is 0 Å². The highest BCUT2D eigenvalue weighted by atomic mass is 16.4. The standard InChI is InChI=1S/C9H17N3O3/c1-6(10)7(13)12-4-2-3-9(11,5-12)8(14)15/h6H,2-5,10-11H2,1H3,(H,14,15)/t6-,9+/m0/s1. The van der Waals surface area contributed by atoms with Crippen molar-refractivity contribution in [2.24, 2.45) is 11.5 Å². The van der Waals surface area contributed by atoms with Gasteiger partial charge in [0, 0.05) is 13.1 Å². The van der Waals surface area contributed by atoms with Gasteiger partial charge in [0.15, 0.2) is 0 Å². The van der Waals surface area contributed by atoms with Gasteiger partial charge in [-0.3, -0.25) is 9.59 Å². The summed E-state index contributed by atoms with van der Waals surface area (Å²) in [5.74, 6) is -1.31. The first-order valence-corrected chi connectivity index (χ1v) is 4.93. The van der Waals surface area contributed by atoms with Crippen LogP contribution in [0.25, 0.3) is 0 Å². The molecule has 0 saturated carbocycles. The topological polar surface area (TPSA) is 110 Å². The van der Waals surface area contributed by atoms with Gasteiger partial charge < -0.3 is 21.5 Å². The van der Waals surface area contributed by atoms with Gasteiger partial charge in [-0.05, 0) is 19.8 Å². The highest BCUT2D eigenvalue weighted by Gasteiger charge is 2.40. The minimum Gasteiger partial charge on any atom is -0.480 e. The number of likely N-dealkylation sites (tertiary alicyclic amines) is 1. The van der Waals surface area contributed by atoms with Gasteiger partial charge in [-0.2, -0.15) is 0 Å². The Balaban J connectivity index is 2.72. The minimum absolute atomic E-state index is 0.0444. The molecule has 5 N–H and O–H groups in total. The molecule has 0 aliphatic carbocycles. The molecule has 2 atom stereocenters. The molecule has 1 amide bonds. The lowest BCUT2D eigenvalue weighted by Crippen LogP contribution is -2.61. The molecule has 0 unspecified atom stereocenters. The Bertz CT molecular complexity index is 280. The Labute approximate surface area is 88.2 Å². The van der Waals surface area contributed by atoms with E-state index in [1.165, 1.54) is 4.90 Å². The van der Waals surface area contributed by atoms with Gasteiger partial charge in [0.2, 0.25) is 5.91 Å². The monoisotopic (exact) mass is 215 g/mol. The fourth-order valence-electron chi connectivity index (χ4n) is 1.73. The molecule has 6 heteroatoms. The number of hydrogen-bond acceptors (Lipinski definition) is 4. The summed E-state index contributed by atoms with van der Waals surface area (Å²) in [5, 5.41) is 8.94. The van der Waals surface area contributed by atoms with Crippen molar-refractivity contribution in [3.05, 3.63) is 0 Å². The largest absolute Gasteiger partial charge is 0.480 e. The highest BCUT2D eigenvalue weighted by molar-refractivity contribution is 5.84. The van der Waals surface area contributed by atoms with Crippen LogP contribution >= 0.6 is 0 Å². The Hall–Kier alpha value is -1.14. The fraction of sp³-hybridized carbons (Fsp3) is 0.778. The normalized spacial score (nSPS) is 28.6. The molecule has 1 rings (SSSR count). The van der Waals surface area contributed by atoms with Gasteiger partial charge in [0.1, 0.15) is 5.54 Å². The lowest BCUT2D eigenvalue weighted by molar-refractivity contribution is -0.148. The second-order valence-corrected chi connectivity index (χ2v) is 4.11. The van der Waals surface area contributed by atoms with Crippen molar-refractivity contribution in [1.82, 2.24) is 4.90 Å². The molecular formula is C9H17N3O3. The van der Waals surface area contributed by atoms with Crippen molar-refractivity contribution in [3.63, 3.8) is 0 Å². The predicted molar refractivity (Wildman–Crippen MR) is 54.0 cm³/mol. The van der Waals surface area contributed by atoms with Crippen LogP contribution in [-0.2, 0) is 9.59 Å². The van der Waals surface area contributed by atoms with E-state index in [1.54, 1.807) is 6.92 Å². The van der Waals surface area contributed by atoms with Crippen LogP contribution in [-0.4, -0.2) is 46.6 Å². The highest BCUT2D eigenvalue weighted by Crippen LogP contribution is 2.19. The first-order chi connectivity index (χ1) is 6.87. The van der Waals surface area contributed by atoms with E-state index in [2.05, 4.69) is 0 Å². The smallest absolute Gasteiger partial charge is 0.325 e. The van der Waals surface area contributed by atoms with E-state index in [0.29, 0.717) is 19.4 Å². The first-order valence-electron chi connectivity index (χ1n) is 4.93. The number of carbonyl (C=O) groups excluding carboxylic acids is 1. The molecule has 0 spiro atoms. The van der Waals surface area contributed by atoms with Crippen molar-refractivity contribution in [1.29, 1.82) is 0 Å². The third-order valence-electron chi connectivity index (χ3n) is 2.65. The predicted octanol–water partition coefficient (Wildman–Crippen LogP) is -1.26. The van der Waals surface area contributed by atoms with Crippen LogP contribution in [0.2, 0.25) is 0 Å². The summed E-state index contributed by atoms with van der Waals surface area (Å²) in [6.07, 6.45) is 0.992. The molecule has 0 bridgehead atoms. The number of amides is 1. The molecule has 0 radical (unpaired) electrons. The van der Waals surface area contributed by atoms with Gasteiger partial charge >= 0.3 is 5.97 Å². The quantitative estimate of drug-likeness (QED) is 0.532. The molecule has 1 saturated heterocycles. The average molecular weight is 215 g/mol. The lowest BCUT2D eigenvalue weighted by atomic mass is 9.90. The number of rotatable bonds is 2. The van der Waals surface area contributed by atoms with Crippen molar-refractivity contribution in [2.75, 3.05) is 13.1 Å². The molecule has 1 aliphatic heterocycles. The number of nitrogens with two attached hydrogens (primary N) is 2. The molecule has 1 fully saturated rings. The van der Waals surface area contributed by atoms with Crippen LogP contribution in [0, 0.1) is 0 Å². The summed E-state index contributed by atoms with van der Waals surface area (Å²) in [5.41, 5.74) is 9.83. The zero-order valence-corrected chi connectivity index (χ0v) is 8.77. The Kier molecular flexibility index (Phi) is 3.31. The SMILES string of the molecule is C[C@H](N)C(=O)N1CCC[C@](N)(C(=O)O)C1. The molecule has 0 aromatic carbocycles. The summed E-state index contributed by atoms with van der Waals surface area (Å²) < 4.78 is 0. The van der Waals surface area contributed by atoms with Crippen LogP contribution in [0.3, 0.4) is 0 Å². The van der Waals surface area contributed by atoms with Gasteiger partial charge in [-0.15, -0.1) is 0 Å². The van der Waals surface area contributed by atoms with Crippen LogP contribution in [0.1, 0.15) is 19.8 Å². The number of piperidine rings is 1. The van der Waals surface area contributed by atoms with Gasteiger partial charge in [-0.1, -0.05) is 0 Å². The second-order valence-electron chi connectivity index (χ2n) is 4.11. The number of carbonyl (C=O) groups is 2. The maximum Gasteiger partial charge on any atom is 0.325 e. The van der Waals surface area contributed by atoms with E-state index in [4.69, 9.17) is 16.6 Å². The molecular weight excluding hydrogens is 198 g/mol. The molecule has 0 aromatic heterocycles. The van der Waals surface area contributed by atoms with E-state index < -0.39 is 17.6 Å². The zero-order valence-electron chi connectivity index (χ0n) is 8.77. The van der Waals surface area contributed by atoms with Gasteiger partial charge in [0.25, 0.3) is 0 Å². The summed E-state index contributed by atoms with van der Waals surface area (Å²) in [6.45, 7) is 2.16. The Morgan fingerprint density at radius 1 is 1.53 bits per heavy atom. The van der Waals surface area contributed by atoms with Crippen molar-refractivity contribution >= 4 is 11.9 Å². The number of aliphatic carboxylic acids is 1.